The smallest absolute Gasteiger partial charge is 0.357 e. The Morgan fingerprint density at radius 1 is 1.45 bits per heavy atom. The SMILES string of the molecule is CC1(C)C2CCC1(C)C(OC(=O)c1cc(Cl)ccn1)C2. The van der Waals surface area contributed by atoms with Gasteiger partial charge in [-0.3, -0.25) is 0 Å². The molecule has 0 N–H and O–H groups in total. The van der Waals surface area contributed by atoms with E-state index in [2.05, 4.69) is 25.8 Å². The molecule has 1 aromatic rings. The second-order valence-electron chi connectivity index (χ2n) is 6.86. The van der Waals surface area contributed by atoms with E-state index in [4.69, 9.17) is 16.3 Å². The first kappa shape index (κ1) is 13.9. The quantitative estimate of drug-likeness (QED) is 0.770. The molecule has 0 aliphatic heterocycles. The molecule has 2 fully saturated rings. The minimum Gasteiger partial charge on any atom is -0.457 e. The molecule has 0 spiro atoms. The fraction of sp³-hybridized carbons (Fsp3) is 0.625. The topological polar surface area (TPSA) is 39.2 Å². The molecular weight excluding hydrogens is 274 g/mol. The van der Waals surface area contributed by atoms with Gasteiger partial charge in [-0.2, -0.15) is 0 Å². The van der Waals surface area contributed by atoms with Crippen LogP contribution in [0, 0.1) is 16.7 Å². The lowest BCUT2D eigenvalue weighted by Gasteiger charge is -2.38. The highest BCUT2D eigenvalue weighted by Crippen LogP contribution is 2.66. The molecule has 3 atom stereocenters. The van der Waals surface area contributed by atoms with Crippen LogP contribution in [-0.4, -0.2) is 17.1 Å². The Morgan fingerprint density at radius 3 is 2.75 bits per heavy atom. The minimum atomic E-state index is -0.359. The van der Waals surface area contributed by atoms with E-state index in [9.17, 15) is 4.79 Å². The van der Waals surface area contributed by atoms with E-state index in [1.54, 1.807) is 12.1 Å². The van der Waals surface area contributed by atoms with Crippen LogP contribution in [0.5, 0.6) is 0 Å². The van der Waals surface area contributed by atoms with Crippen LogP contribution in [0.3, 0.4) is 0 Å². The van der Waals surface area contributed by atoms with Crippen LogP contribution in [0.2, 0.25) is 5.02 Å². The summed E-state index contributed by atoms with van der Waals surface area (Å²) in [7, 11) is 0. The van der Waals surface area contributed by atoms with Crippen molar-refractivity contribution in [3.05, 3.63) is 29.0 Å². The van der Waals surface area contributed by atoms with Crippen molar-refractivity contribution in [3.8, 4) is 0 Å². The van der Waals surface area contributed by atoms with Gasteiger partial charge < -0.3 is 4.74 Å². The molecular formula is C16H20ClNO2. The number of fused-ring (bicyclic) bond motifs is 2. The molecule has 0 radical (unpaired) electrons. The summed E-state index contributed by atoms with van der Waals surface area (Å²) in [5, 5.41) is 0.506. The summed E-state index contributed by atoms with van der Waals surface area (Å²) in [6, 6.07) is 3.21. The Balaban J connectivity index is 1.78. The van der Waals surface area contributed by atoms with Gasteiger partial charge in [0, 0.05) is 16.6 Å². The first-order valence-corrected chi connectivity index (χ1v) is 7.55. The number of carbonyl (C=O) groups excluding carboxylic acids is 1. The predicted molar refractivity (Wildman–Crippen MR) is 77.7 cm³/mol. The van der Waals surface area contributed by atoms with Crippen molar-refractivity contribution in [1.29, 1.82) is 0 Å². The van der Waals surface area contributed by atoms with E-state index in [1.165, 1.54) is 12.6 Å². The summed E-state index contributed by atoms with van der Waals surface area (Å²) < 4.78 is 5.76. The van der Waals surface area contributed by atoms with Gasteiger partial charge >= 0.3 is 5.97 Å². The van der Waals surface area contributed by atoms with E-state index in [-0.39, 0.29) is 22.9 Å². The van der Waals surface area contributed by atoms with Crippen LogP contribution in [0.15, 0.2) is 18.3 Å². The van der Waals surface area contributed by atoms with Crippen molar-refractivity contribution >= 4 is 17.6 Å². The van der Waals surface area contributed by atoms with E-state index >= 15 is 0 Å². The van der Waals surface area contributed by atoms with Gasteiger partial charge in [-0.1, -0.05) is 32.4 Å². The van der Waals surface area contributed by atoms with Crippen molar-refractivity contribution in [2.45, 2.75) is 46.1 Å². The largest absolute Gasteiger partial charge is 0.457 e. The molecule has 2 saturated carbocycles. The third kappa shape index (κ3) is 1.86. The van der Waals surface area contributed by atoms with Crippen molar-refractivity contribution in [3.63, 3.8) is 0 Å². The fourth-order valence-electron chi connectivity index (χ4n) is 4.01. The highest BCUT2D eigenvalue weighted by molar-refractivity contribution is 6.30. The molecule has 3 unspecified atom stereocenters. The first-order valence-electron chi connectivity index (χ1n) is 7.17. The highest BCUT2D eigenvalue weighted by Gasteiger charge is 2.62. The molecule has 4 heteroatoms. The maximum Gasteiger partial charge on any atom is 0.357 e. The van der Waals surface area contributed by atoms with Crippen molar-refractivity contribution in [2.75, 3.05) is 0 Å². The molecule has 0 aromatic carbocycles. The zero-order valence-corrected chi connectivity index (χ0v) is 12.9. The molecule has 2 aliphatic rings. The summed E-state index contributed by atoms with van der Waals surface area (Å²) >= 11 is 5.89. The lowest BCUT2D eigenvalue weighted by molar-refractivity contribution is -0.0247. The molecule has 108 valence electrons. The standard InChI is InChI=1S/C16H20ClNO2/c1-15(2)10-4-6-16(15,3)13(8-10)20-14(19)12-9-11(17)5-7-18-12/h5,7,9-10,13H,4,6,8H2,1-3H3. The lowest BCUT2D eigenvalue weighted by atomic mass is 9.70. The van der Waals surface area contributed by atoms with E-state index in [1.807, 2.05) is 0 Å². The molecule has 0 saturated heterocycles. The van der Waals surface area contributed by atoms with Gasteiger partial charge in [-0.05, 0) is 42.7 Å². The van der Waals surface area contributed by atoms with Gasteiger partial charge in [0.25, 0.3) is 0 Å². The van der Waals surface area contributed by atoms with Crippen molar-refractivity contribution in [2.24, 2.45) is 16.7 Å². The third-order valence-corrected chi connectivity index (χ3v) is 6.13. The average molecular weight is 294 g/mol. The van der Waals surface area contributed by atoms with Crippen molar-refractivity contribution < 1.29 is 9.53 Å². The van der Waals surface area contributed by atoms with Crippen LogP contribution in [0.1, 0.15) is 50.5 Å². The number of hydrogen-bond acceptors (Lipinski definition) is 3. The summed E-state index contributed by atoms with van der Waals surface area (Å²) in [4.78, 5) is 16.3. The number of nitrogens with zero attached hydrogens (tertiary/aromatic N) is 1. The van der Waals surface area contributed by atoms with Crippen molar-refractivity contribution in [1.82, 2.24) is 4.98 Å². The van der Waals surface area contributed by atoms with Crippen LogP contribution in [-0.2, 0) is 4.74 Å². The predicted octanol–water partition coefficient (Wildman–Crippen LogP) is 4.11. The van der Waals surface area contributed by atoms with Gasteiger partial charge in [-0.25, -0.2) is 9.78 Å². The maximum absolute atomic E-state index is 12.2. The van der Waals surface area contributed by atoms with Gasteiger partial charge in [0.05, 0.1) is 0 Å². The second kappa shape index (κ2) is 4.45. The summed E-state index contributed by atoms with van der Waals surface area (Å²) in [5.74, 6) is 0.291. The number of hydrogen-bond donors (Lipinski definition) is 0. The Hall–Kier alpha value is -1.09. The van der Waals surface area contributed by atoms with Crippen LogP contribution in [0.4, 0.5) is 0 Å². The third-order valence-electron chi connectivity index (χ3n) is 5.89. The number of pyridine rings is 1. The van der Waals surface area contributed by atoms with Gasteiger partial charge in [0.1, 0.15) is 11.8 Å². The first-order chi connectivity index (χ1) is 9.34. The minimum absolute atomic E-state index is 0.00969. The summed E-state index contributed by atoms with van der Waals surface area (Å²) in [5.41, 5.74) is 0.604. The Morgan fingerprint density at radius 2 is 2.20 bits per heavy atom. The zero-order chi connectivity index (χ0) is 14.5. The Kier molecular flexibility index (Phi) is 3.09. The number of carbonyl (C=O) groups is 1. The van der Waals surface area contributed by atoms with Gasteiger partial charge in [-0.15, -0.1) is 0 Å². The maximum atomic E-state index is 12.2. The Bertz CT molecular complexity index is 557. The normalized spacial score (nSPS) is 34.2. The van der Waals surface area contributed by atoms with Crippen LogP contribution in [0.25, 0.3) is 0 Å². The van der Waals surface area contributed by atoms with Crippen LogP contribution < -0.4 is 0 Å². The van der Waals surface area contributed by atoms with E-state index in [0.717, 1.165) is 12.8 Å². The molecule has 2 bridgehead atoms. The lowest BCUT2D eigenvalue weighted by Crippen LogP contribution is -2.38. The molecule has 3 rings (SSSR count). The molecule has 1 aromatic heterocycles. The van der Waals surface area contributed by atoms with Crippen LogP contribution >= 0.6 is 11.6 Å². The molecule has 3 nitrogen and oxygen atoms in total. The monoisotopic (exact) mass is 293 g/mol. The molecule has 0 amide bonds. The number of halogens is 1. The molecule has 2 aliphatic carbocycles. The summed E-state index contributed by atoms with van der Waals surface area (Å²) in [6.45, 7) is 6.86. The Labute approximate surface area is 124 Å². The number of rotatable bonds is 2. The number of esters is 1. The van der Waals surface area contributed by atoms with E-state index in [0.29, 0.717) is 16.6 Å². The number of ether oxygens (including phenoxy) is 1. The second-order valence-corrected chi connectivity index (χ2v) is 7.30. The fourth-order valence-corrected chi connectivity index (χ4v) is 4.17. The zero-order valence-electron chi connectivity index (χ0n) is 12.1. The summed E-state index contributed by atoms with van der Waals surface area (Å²) in [6.07, 6.45) is 4.87. The van der Waals surface area contributed by atoms with Gasteiger partial charge in [0.15, 0.2) is 0 Å². The molecule has 20 heavy (non-hydrogen) atoms. The molecule has 1 heterocycles. The highest BCUT2D eigenvalue weighted by atomic mass is 35.5. The van der Waals surface area contributed by atoms with Gasteiger partial charge in [0.2, 0.25) is 0 Å². The number of aromatic nitrogens is 1. The average Bonchev–Trinajstić information content (AvgIpc) is 2.72. The van der Waals surface area contributed by atoms with E-state index < -0.39 is 0 Å².